The van der Waals surface area contributed by atoms with E-state index in [1.54, 1.807) is 0 Å². The lowest BCUT2D eigenvalue weighted by Crippen LogP contribution is -1.96. The maximum Gasteiger partial charge on any atom is 0.0619 e. The Bertz CT molecular complexity index is 2970. The van der Waals surface area contributed by atoms with Crippen LogP contribution in [-0.4, -0.2) is 13.5 Å². The zero-order chi connectivity index (χ0) is 29.2. The van der Waals surface area contributed by atoms with Crippen molar-refractivity contribution in [2.45, 2.75) is 0 Å². The fourth-order valence-corrected chi connectivity index (χ4v) is 8.29. The van der Waals surface area contributed by atoms with Gasteiger partial charge in [-0.25, -0.2) is 0 Å². The van der Waals surface area contributed by atoms with Crippen molar-refractivity contribution >= 4 is 81.7 Å². The summed E-state index contributed by atoms with van der Waals surface area (Å²) in [5.74, 6) is 0. The van der Waals surface area contributed by atoms with E-state index in [9.17, 15) is 0 Å². The second kappa shape index (κ2) is 8.31. The fourth-order valence-electron chi connectivity index (χ4n) is 8.29. The molecule has 4 aromatic heterocycles. The molecule has 7 aromatic carbocycles. The van der Waals surface area contributed by atoms with Crippen LogP contribution >= 0.6 is 0 Å². The van der Waals surface area contributed by atoms with Crippen molar-refractivity contribution in [3.8, 4) is 11.4 Å². The molecule has 0 radical (unpaired) electrons. The Morgan fingerprint density at radius 2 is 0.822 bits per heavy atom. The van der Waals surface area contributed by atoms with Crippen molar-refractivity contribution < 1.29 is 0 Å². The Morgan fingerprint density at radius 3 is 1.67 bits per heavy atom. The molecule has 0 aliphatic rings. The molecule has 0 saturated heterocycles. The Kier molecular flexibility index (Phi) is 4.32. The van der Waals surface area contributed by atoms with E-state index in [-0.39, 0.29) is 0 Å². The Hall–Kier alpha value is -6.06. The predicted molar refractivity (Wildman–Crippen MR) is 190 cm³/mol. The highest BCUT2D eigenvalue weighted by Gasteiger charge is 2.23. The standard InChI is InChI=1S/C42H25N3/c1-2-12-26(13-3-1)43-33-20-7-5-15-31(33)39-34(43)22-10-23-35(39)44-36-21-9-16-28-30-18-8-17-29-27-14-4-6-19-32(27)45(42(29)30)38-25-11-24-37(44)41(38)40(28)36/h1-25H. The fraction of sp³-hybridized carbons (Fsp3) is 0. The van der Waals surface area contributed by atoms with E-state index in [1.807, 2.05) is 0 Å². The van der Waals surface area contributed by atoms with E-state index in [2.05, 4.69) is 165 Å². The summed E-state index contributed by atoms with van der Waals surface area (Å²) in [4.78, 5) is 0. The van der Waals surface area contributed by atoms with Crippen LogP contribution < -0.4 is 0 Å². The summed E-state index contributed by atoms with van der Waals surface area (Å²) in [6.07, 6.45) is 0. The van der Waals surface area contributed by atoms with Crippen molar-refractivity contribution in [2.24, 2.45) is 0 Å². The smallest absolute Gasteiger partial charge is 0.0619 e. The van der Waals surface area contributed by atoms with E-state index in [0.717, 1.165) is 0 Å². The number of rotatable bonds is 2. The van der Waals surface area contributed by atoms with Gasteiger partial charge in [-0.05, 0) is 60.0 Å². The number of benzene rings is 7. The molecule has 45 heavy (non-hydrogen) atoms. The zero-order valence-corrected chi connectivity index (χ0v) is 24.3. The van der Waals surface area contributed by atoms with Crippen molar-refractivity contribution in [3.05, 3.63) is 152 Å². The number of aromatic nitrogens is 3. The highest BCUT2D eigenvalue weighted by molar-refractivity contribution is 6.31. The predicted octanol–water partition coefficient (Wildman–Crippen LogP) is 11.0. The summed E-state index contributed by atoms with van der Waals surface area (Å²) in [5.41, 5.74) is 11.0. The maximum atomic E-state index is 2.51. The summed E-state index contributed by atoms with van der Waals surface area (Å²) < 4.78 is 7.42. The SMILES string of the molecule is c1ccc(-n2c3ccccc3c3c(-n4c5cccc6c7cccc8c9ccccc9n(c9cccc4c9c65)c78)cccc32)cc1. The van der Waals surface area contributed by atoms with Gasteiger partial charge in [0.1, 0.15) is 0 Å². The quantitative estimate of drug-likeness (QED) is 0.196. The van der Waals surface area contributed by atoms with Gasteiger partial charge in [-0.2, -0.15) is 0 Å². The van der Waals surface area contributed by atoms with Crippen LogP contribution in [0.5, 0.6) is 0 Å². The van der Waals surface area contributed by atoms with Crippen LogP contribution in [0.15, 0.2) is 152 Å². The van der Waals surface area contributed by atoms with E-state index in [4.69, 9.17) is 0 Å². The van der Waals surface area contributed by atoms with E-state index in [1.165, 1.54) is 93.1 Å². The van der Waals surface area contributed by atoms with Crippen molar-refractivity contribution in [2.75, 3.05) is 0 Å². The van der Waals surface area contributed by atoms with Gasteiger partial charge < -0.3 is 13.5 Å². The number of hydrogen-bond acceptors (Lipinski definition) is 0. The van der Waals surface area contributed by atoms with Gasteiger partial charge >= 0.3 is 0 Å². The molecule has 4 heterocycles. The van der Waals surface area contributed by atoms with Crippen molar-refractivity contribution in [3.63, 3.8) is 0 Å². The molecule has 0 atom stereocenters. The van der Waals surface area contributed by atoms with E-state index >= 15 is 0 Å². The van der Waals surface area contributed by atoms with Crippen LogP contribution in [0, 0.1) is 0 Å². The average molecular weight is 572 g/mol. The molecule has 3 heteroatoms. The second-order valence-electron chi connectivity index (χ2n) is 12.1. The minimum absolute atomic E-state index is 1.17. The normalized spacial score (nSPS) is 12.4. The zero-order valence-electron chi connectivity index (χ0n) is 24.3. The van der Waals surface area contributed by atoms with Gasteiger partial charge in [0, 0.05) is 43.4 Å². The van der Waals surface area contributed by atoms with Crippen molar-refractivity contribution in [1.29, 1.82) is 0 Å². The largest absolute Gasteiger partial charge is 0.309 e. The minimum atomic E-state index is 1.17. The molecule has 3 nitrogen and oxygen atoms in total. The molecule has 0 amide bonds. The highest BCUT2D eigenvalue weighted by Crippen LogP contribution is 2.45. The molecule has 11 aromatic rings. The van der Waals surface area contributed by atoms with Crippen LogP contribution in [0.1, 0.15) is 0 Å². The third kappa shape index (κ3) is 2.82. The lowest BCUT2D eigenvalue weighted by molar-refractivity contribution is 1.17. The molecule has 0 aliphatic heterocycles. The molecule has 0 fully saturated rings. The van der Waals surface area contributed by atoms with Gasteiger partial charge in [0.15, 0.2) is 0 Å². The topological polar surface area (TPSA) is 14.3 Å². The van der Waals surface area contributed by atoms with Gasteiger partial charge in [0.2, 0.25) is 0 Å². The molecular weight excluding hydrogens is 546 g/mol. The third-order valence-corrected chi connectivity index (χ3v) is 9.95. The van der Waals surface area contributed by atoms with Crippen molar-refractivity contribution in [1.82, 2.24) is 13.5 Å². The molecule has 0 saturated carbocycles. The molecule has 0 spiro atoms. The first-order valence-electron chi connectivity index (χ1n) is 15.6. The lowest BCUT2D eigenvalue weighted by Gasteiger charge is -2.12. The first-order valence-corrected chi connectivity index (χ1v) is 15.6. The molecule has 0 bridgehead atoms. The molecule has 208 valence electrons. The monoisotopic (exact) mass is 571 g/mol. The average Bonchev–Trinajstić information content (AvgIpc) is 3.71. The highest BCUT2D eigenvalue weighted by atomic mass is 15.0. The van der Waals surface area contributed by atoms with E-state index in [0.29, 0.717) is 0 Å². The van der Waals surface area contributed by atoms with E-state index < -0.39 is 0 Å². The van der Waals surface area contributed by atoms with Crippen LogP contribution in [-0.2, 0) is 0 Å². The van der Waals surface area contributed by atoms with Crippen LogP contribution in [0.4, 0.5) is 0 Å². The van der Waals surface area contributed by atoms with Crippen LogP contribution in [0.3, 0.4) is 0 Å². The number of para-hydroxylation sites is 4. The van der Waals surface area contributed by atoms with Gasteiger partial charge in [-0.15, -0.1) is 0 Å². The Labute approximate surface area is 257 Å². The van der Waals surface area contributed by atoms with Gasteiger partial charge in [0.25, 0.3) is 0 Å². The molecule has 11 rings (SSSR count). The summed E-state index contributed by atoms with van der Waals surface area (Å²) in [5, 5.41) is 10.3. The lowest BCUT2D eigenvalue weighted by atomic mass is 10.0. The third-order valence-electron chi connectivity index (χ3n) is 9.95. The molecule has 0 aliphatic carbocycles. The minimum Gasteiger partial charge on any atom is -0.309 e. The maximum absolute atomic E-state index is 2.51. The first kappa shape index (κ1) is 23.4. The number of fused-ring (bicyclic) bond motifs is 8. The first-order chi connectivity index (χ1) is 22.4. The van der Waals surface area contributed by atoms with Gasteiger partial charge in [-0.3, -0.25) is 0 Å². The summed E-state index contributed by atoms with van der Waals surface area (Å²) in [7, 11) is 0. The summed E-state index contributed by atoms with van der Waals surface area (Å²) in [6, 6.07) is 55.6. The molecule has 0 unspecified atom stereocenters. The Morgan fingerprint density at radius 1 is 0.289 bits per heavy atom. The van der Waals surface area contributed by atoms with Gasteiger partial charge in [-0.1, -0.05) is 97.1 Å². The molecular formula is C42H25N3. The van der Waals surface area contributed by atoms with Crippen LogP contribution in [0.2, 0.25) is 0 Å². The summed E-state index contributed by atoms with van der Waals surface area (Å²) in [6.45, 7) is 0. The second-order valence-corrected chi connectivity index (χ2v) is 12.1. The van der Waals surface area contributed by atoms with Gasteiger partial charge in [0.05, 0.1) is 44.3 Å². The Balaban J connectivity index is 1.39. The van der Waals surface area contributed by atoms with Crippen LogP contribution in [0.25, 0.3) is 93.1 Å². The molecule has 0 N–H and O–H groups in total. The summed E-state index contributed by atoms with van der Waals surface area (Å²) >= 11 is 0. The number of nitrogens with zero attached hydrogens (tertiary/aromatic N) is 3. The number of hydrogen-bond donors (Lipinski definition) is 0.